The highest BCUT2D eigenvalue weighted by atomic mass is 19.1. The second-order valence-corrected chi connectivity index (χ2v) is 10.5. The van der Waals surface area contributed by atoms with Crippen molar-refractivity contribution in [2.24, 2.45) is 17.3 Å². The van der Waals surface area contributed by atoms with E-state index in [1.165, 1.54) is 11.6 Å². The molecule has 1 aromatic carbocycles. The molecule has 0 aromatic heterocycles. The monoisotopic (exact) mass is 471 g/mol. The van der Waals surface area contributed by atoms with Gasteiger partial charge in [0.15, 0.2) is 5.78 Å². The first-order valence-electron chi connectivity index (χ1n) is 12.3. The summed E-state index contributed by atoms with van der Waals surface area (Å²) in [5.74, 6) is 0.924. The Morgan fingerprint density at radius 3 is 2.85 bits per heavy atom. The van der Waals surface area contributed by atoms with Crippen molar-refractivity contribution in [2.45, 2.75) is 65.6 Å². The minimum atomic E-state index is -0.483. The average Bonchev–Trinajstić information content (AvgIpc) is 3.54. The Morgan fingerprint density at radius 2 is 2.15 bits per heavy atom. The number of hydrogen-bond donors (Lipinski definition) is 2. The van der Waals surface area contributed by atoms with Gasteiger partial charge in [-0.05, 0) is 76.3 Å². The smallest absolute Gasteiger partial charge is 0.319 e. The fourth-order valence-corrected chi connectivity index (χ4v) is 5.08. The SMILES string of the molecule is CC(C)Oc1cccc(CN2CC[C@](C)(C(=O)CNC(=O)NC3=CC4CC4C(F)=C3)C[C@@H]2C)c1.[HH]. The number of ether oxygens (including phenoxy) is 1. The van der Waals surface area contributed by atoms with Crippen LogP contribution in [0.4, 0.5) is 9.18 Å². The maximum absolute atomic E-state index is 13.8. The number of nitrogens with zero attached hydrogens (tertiary/aromatic N) is 1. The molecule has 2 unspecified atom stereocenters. The Bertz CT molecular complexity index is 1010. The predicted octanol–water partition coefficient (Wildman–Crippen LogP) is 4.97. The third-order valence-corrected chi connectivity index (χ3v) is 7.20. The van der Waals surface area contributed by atoms with Gasteiger partial charge in [-0.15, -0.1) is 0 Å². The van der Waals surface area contributed by atoms with Crippen molar-refractivity contribution in [2.75, 3.05) is 13.1 Å². The average molecular weight is 472 g/mol. The summed E-state index contributed by atoms with van der Waals surface area (Å²) < 4.78 is 19.6. The van der Waals surface area contributed by atoms with Crippen LogP contribution in [-0.4, -0.2) is 41.9 Å². The van der Waals surface area contributed by atoms with E-state index in [4.69, 9.17) is 4.74 Å². The van der Waals surface area contributed by atoms with Gasteiger partial charge in [0.1, 0.15) is 11.6 Å². The number of nitrogens with one attached hydrogen (secondary N) is 2. The Morgan fingerprint density at radius 1 is 1.35 bits per heavy atom. The molecule has 4 rings (SSSR count). The number of benzene rings is 1. The zero-order valence-electron chi connectivity index (χ0n) is 20.6. The summed E-state index contributed by atoms with van der Waals surface area (Å²) in [5.41, 5.74) is 1.18. The molecule has 1 saturated carbocycles. The number of piperidine rings is 1. The number of allylic oxidation sites excluding steroid dienone is 3. The van der Waals surface area contributed by atoms with Gasteiger partial charge in [0.2, 0.25) is 0 Å². The molecule has 2 aliphatic carbocycles. The summed E-state index contributed by atoms with van der Waals surface area (Å²) in [4.78, 5) is 27.7. The molecule has 186 valence electrons. The predicted molar refractivity (Wildman–Crippen MR) is 132 cm³/mol. The standard InChI is InChI=1S/C27H36FN3O3.H2/c1-17(2)34-22-7-5-6-19(10-22)16-31-9-8-27(4,14-18(31)3)25(32)15-29-26(33)30-21-11-20-12-23(20)24(28)13-21;/h5-7,10-11,13,17-18,20,23H,8-9,12,14-16H2,1-4H3,(H2,29,30,33);1H/t18-,20?,23?,27-;/m0./s1. The van der Waals surface area contributed by atoms with E-state index in [-0.39, 0.29) is 43.6 Å². The summed E-state index contributed by atoms with van der Waals surface area (Å²) in [6.45, 7) is 9.77. The summed E-state index contributed by atoms with van der Waals surface area (Å²) in [5, 5.41) is 5.32. The molecule has 7 heteroatoms. The van der Waals surface area contributed by atoms with Crippen molar-refractivity contribution < 1.29 is 20.1 Å². The van der Waals surface area contributed by atoms with Crippen molar-refractivity contribution in [3.8, 4) is 5.75 Å². The van der Waals surface area contributed by atoms with Gasteiger partial charge < -0.3 is 15.4 Å². The van der Waals surface area contributed by atoms with Crippen molar-refractivity contribution in [1.82, 2.24) is 15.5 Å². The number of Topliss-reactive ketones (excluding diaryl/α,β-unsaturated/α-hetero) is 1. The van der Waals surface area contributed by atoms with Gasteiger partial charge >= 0.3 is 6.03 Å². The molecule has 1 aromatic rings. The molecule has 0 spiro atoms. The first-order chi connectivity index (χ1) is 16.1. The minimum Gasteiger partial charge on any atom is -0.491 e. The van der Waals surface area contributed by atoms with Gasteiger partial charge in [-0.25, -0.2) is 9.18 Å². The number of ketones is 1. The molecule has 4 atom stereocenters. The Hall–Kier alpha value is -2.67. The van der Waals surface area contributed by atoms with Crippen LogP contribution in [0, 0.1) is 17.3 Å². The molecule has 2 amide bonds. The van der Waals surface area contributed by atoms with Crippen LogP contribution in [0.5, 0.6) is 5.75 Å². The molecule has 1 heterocycles. The van der Waals surface area contributed by atoms with Gasteiger partial charge in [0, 0.05) is 31.0 Å². The first-order valence-corrected chi connectivity index (χ1v) is 12.3. The van der Waals surface area contributed by atoms with Crippen LogP contribution in [0.25, 0.3) is 0 Å². The zero-order chi connectivity index (χ0) is 24.5. The molecule has 1 aliphatic heterocycles. The lowest BCUT2D eigenvalue weighted by atomic mass is 9.74. The number of carbonyl (C=O) groups is 2. The summed E-state index contributed by atoms with van der Waals surface area (Å²) >= 11 is 0. The maximum atomic E-state index is 13.8. The first kappa shape index (κ1) is 24.5. The fraction of sp³-hybridized carbons (Fsp3) is 0.556. The second-order valence-electron chi connectivity index (χ2n) is 10.5. The number of hydrogen-bond acceptors (Lipinski definition) is 4. The van der Waals surface area contributed by atoms with Gasteiger partial charge in [-0.1, -0.05) is 25.1 Å². The van der Waals surface area contributed by atoms with Crippen LogP contribution in [0.2, 0.25) is 0 Å². The largest absolute Gasteiger partial charge is 0.491 e. The minimum absolute atomic E-state index is 0. The van der Waals surface area contributed by atoms with E-state index in [0.29, 0.717) is 5.70 Å². The van der Waals surface area contributed by atoms with E-state index in [9.17, 15) is 14.0 Å². The van der Waals surface area contributed by atoms with Crippen LogP contribution in [0.3, 0.4) is 0 Å². The number of rotatable bonds is 8. The zero-order valence-corrected chi connectivity index (χ0v) is 20.6. The highest BCUT2D eigenvalue weighted by molar-refractivity contribution is 5.90. The third-order valence-electron chi connectivity index (χ3n) is 7.20. The van der Waals surface area contributed by atoms with E-state index >= 15 is 0 Å². The Kier molecular flexibility index (Phi) is 7.12. The van der Waals surface area contributed by atoms with E-state index in [1.54, 1.807) is 0 Å². The number of likely N-dealkylation sites (tertiary alicyclic amines) is 1. The molecule has 2 fully saturated rings. The lowest BCUT2D eigenvalue weighted by Crippen LogP contribution is -2.50. The summed E-state index contributed by atoms with van der Waals surface area (Å²) in [6.07, 6.45) is 5.67. The molecule has 0 bridgehead atoms. The molecule has 34 heavy (non-hydrogen) atoms. The normalized spacial score (nSPS) is 28.5. The highest BCUT2D eigenvalue weighted by Gasteiger charge is 2.42. The number of halogens is 1. The fourth-order valence-electron chi connectivity index (χ4n) is 5.08. The number of fused-ring (bicyclic) bond motifs is 1. The van der Waals surface area contributed by atoms with E-state index in [1.807, 2.05) is 39.0 Å². The second kappa shape index (κ2) is 9.90. The van der Waals surface area contributed by atoms with Crippen LogP contribution in [0.15, 0.2) is 47.9 Å². The van der Waals surface area contributed by atoms with Gasteiger partial charge in [0.25, 0.3) is 0 Å². The van der Waals surface area contributed by atoms with Crippen molar-refractivity contribution in [3.05, 3.63) is 53.5 Å². The number of amides is 2. The van der Waals surface area contributed by atoms with Crippen molar-refractivity contribution in [1.29, 1.82) is 0 Å². The van der Waals surface area contributed by atoms with Crippen LogP contribution >= 0.6 is 0 Å². The van der Waals surface area contributed by atoms with E-state index in [2.05, 4.69) is 34.6 Å². The van der Waals surface area contributed by atoms with Gasteiger partial charge in [0.05, 0.1) is 12.6 Å². The van der Waals surface area contributed by atoms with Crippen LogP contribution < -0.4 is 15.4 Å². The number of urea groups is 1. The topological polar surface area (TPSA) is 70.7 Å². The van der Waals surface area contributed by atoms with Crippen molar-refractivity contribution >= 4 is 11.8 Å². The molecular formula is C27H38FN3O3. The lowest BCUT2D eigenvalue weighted by Gasteiger charge is -2.43. The Balaban J connectivity index is 0.00000342. The van der Waals surface area contributed by atoms with Crippen LogP contribution in [0.1, 0.15) is 53.9 Å². The quantitative estimate of drug-likeness (QED) is 0.562. The third kappa shape index (κ3) is 5.87. The Labute approximate surface area is 203 Å². The molecular weight excluding hydrogens is 433 g/mol. The molecule has 1 saturated heterocycles. The molecule has 6 nitrogen and oxygen atoms in total. The van der Waals surface area contributed by atoms with E-state index < -0.39 is 11.4 Å². The summed E-state index contributed by atoms with van der Waals surface area (Å²) in [7, 11) is 0. The molecule has 3 aliphatic rings. The highest BCUT2D eigenvalue weighted by Crippen LogP contribution is 2.48. The molecule has 2 N–H and O–H groups in total. The van der Waals surface area contributed by atoms with Gasteiger partial charge in [-0.2, -0.15) is 0 Å². The van der Waals surface area contributed by atoms with Gasteiger partial charge in [-0.3, -0.25) is 9.69 Å². The van der Waals surface area contributed by atoms with Crippen molar-refractivity contribution in [3.63, 3.8) is 0 Å². The van der Waals surface area contributed by atoms with E-state index in [0.717, 1.165) is 38.1 Å². The summed E-state index contributed by atoms with van der Waals surface area (Å²) in [6, 6.07) is 7.94. The number of carbonyl (C=O) groups excluding carboxylic acids is 2. The molecule has 0 radical (unpaired) electrons. The lowest BCUT2D eigenvalue weighted by molar-refractivity contribution is -0.130. The van der Waals surface area contributed by atoms with Crippen LogP contribution in [-0.2, 0) is 11.3 Å². The maximum Gasteiger partial charge on any atom is 0.319 e.